The van der Waals surface area contributed by atoms with Crippen LogP contribution in [0.25, 0.3) is 0 Å². The van der Waals surface area contributed by atoms with Crippen molar-refractivity contribution in [2.24, 2.45) is 0 Å². The van der Waals surface area contributed by atoms with Gasteiger partial charge >= 0.3 is 10.4 Å². The Bertz CT molecular complexity index is 179. The fourth-order valence-electron chi connectivity index (χ4n) is 0.221. The highest BCUT2D eigenvalue weighted by molar-refractivity contribution is 7.80. The van der Waals surface area contributed by atoms with E-state index in [2.05, 4.69) is 4.18 Å². The molecule has 0 atom stereocenters. The molecular weight excluding hydrogens is 144 g/mol. The number of hydrogen-bond donors (Lipinski definition) is 1. The molecule has 0 rings (SSSR count). The van der Waals surface area contributed by atoms with Crippen LogP contribution in [0.5, 0.6) is 0 Å². The van der Waals surface area contributed by atoms with E-state index >= 15 is 0 Å². The van der Waals surface area contributed by atoms with Crippen LogP contribution in [0.2, 0.25) is 0 Å². The highest BCUT2D eigenvalue weighted by Crippen LogP contribution is 1.84. The van der Waals surface area contributed by atoms with Gasteiger partial charge in [0.1, 0.15) is 0 Å². The Morgan fingerprint density at radius 1 is 1.67 bits per heavy atom. The molecule has 0 aromatic carbocycles. The molecule has 0 unspecified atom stereocenters. The van der Waals surface area contributed by atoms with E-state index in [4.69, 9.17) is 4.55 Å². The zero-order valence-electron chi connectivity index (χ0n) is 4.94. The van der Waals surface area contributed by atoms with E-state index in [1.54, 1.807) is 13.0 Å². The summed E-state index contributed by atoms with van der Waals surface area (Å²) in [5.41, 5.74) is 0. The third-order valence-corrected chi connectivity index (χ3v) is 0.983. The monoisotopic (exact) mass is 152 g/mol. The van der Waals surface area contributed by atoms with E-state index in [9.17, 15) is 8.42 Å². The van der Waals surface area contributed by atoms with Gasteiger partial charge in [-0.2, -0.15) is 8.42 Å². The van der Waals surface area contributed by atoms with Crippen molar-refractivity contribution in [1.82, 2.24) is 0 Å². The summed E-state index contributed by atoms with van der Waals surface area (Å²) in [6.45, 7) is 1.60. The third-order valence-electron chi connectivity index (χ3n) is 0.549. The van der Waals surface area contributed by atoms with Crippen LogP contribution < -0.4 is 0 Å². The van der Waals surface area contributed by atoms with Gasteiger partial charge in [-0.3, -0.25) is 4.55 Å². The van der Waals surface area contributed by atoms with E-state index in [0.717, 1.165) is 0 Å². The summed E-state index contributed by atoms with van der Waals surface area (Å²) in [6.07, 6.45) is 3.08. The Hall–Kier alpha value is -0.390. The van der Waals surface area contributed by atoms with Crippen LogP contribution in [0.15, 0.2) is 12.2 Å². The number of hydrogen-bond acceptors (Lipinski definition) is 3. The molecule has 0 fully saturated rings. The Morgan fingerprint density at radius 2 is 2.22 bits per heavy atom. The van der Waals surface area contributed by atoms with E-state index in [0.29, 0.717) is 0 Å². The van der Waals surface area contributed by atoms with E-state index in [-0.39, 0.29) is 6.61 Å². The molecule has 4 nitrogen and oxygen atoms in total. The molecular formula is C4H8O4S. The predicted octanol–water partition coefficient (Wildman–Crippen LogP) is 0.382. The lowest BCUT2D eigenvalue weighted by atomic mass is 10.6. The maximum absolute atomic E-state index is 9.81. The smallest absolute Gasteiger partial charge is 0.264 e. The van der Waals surface area contributed by atoms with Gasteiger partial charge in [-0.15, -0.1) is 0 Å². The summed E-state index contributed by atoms with van der Waals surface area (Å²) in [4.78, 5) is 0. The van der Waals surface area contributed by atoms with Gasteiger partial charge < -0.3 is 0 Å². The molecule has 0 aliphatic heterocycles. The van der Waals surface area contributed by atoms with Gasteiger partial charge in [-0.25, -0.2) is 4.18 Å². The predicted molar refractivity (Wildman–Crippen MR) is 32.3 cm³/mol. The third kappa shape index (κ3) is 7.61. The van der Waals surface area contributed by atoms with Crippen LogP contribution in [0.3, 0.4) is 0 Å². The van der Waals surface area contributed by atoms with Crippen LogP contribution in [0, 0.1) is 0 Å². The van der Waals surface area contributed by atoms with Gasteiger partial charge in [0.05, 0.1) is 6.61 Å². The first-order valence-electron chi connectivity index (χ1n) is 2.29. The Balaban J connectivity index is 3.53. The fourth-order valence-corrected chi connectivity index (χ4v) is 0.472. The maximum Gasteiger partial charge on any atom is 0.397 e. The first-order valence-corrected chi connectivity index (χ1v) is 3.66. The average molecular weight is 152 g/mol. The second-order valence-electron chi connectivity index (χ2n) is 1.28. The van der Waals surface area contributed by atoms with Crippen LogP contribution in [0.1, 0.15) is 6.92 Å². The topological polar surface area (TPSA) is 63.6 Å². The average Bonchev–Trinajstić information content (AvgIpc) is 1.63. The van der Waals surface area contributed by atoms with E-state index in [1.165, 1.54) is 6.08 Å². The van der Waals surface area contributed by atoms with Gasteiger partial charge in [-0.05, 0) is 6.92 Å². The van der Waals surface area contributed by atoms with Gasteiger partial charge in [0.2, 0.25) is 0 Å². The molecule has 0 saturated carbocycles. The van der Waals surface area contributed by atoms with E-state index in [1.807, 2.05) is 0 Å². The van der Waals surface area contributed by atoms with Crippen molar-refractivity contribution < 1.29 is 17.2 Å². The Morgan fingerprint density at radius 3 is 2.56 bits per heavy atom. The van der Waals surface area contributed by atoms with Crippen LogP contribution in [-0.4, -0.2) is 19.6 Å². The quantitative estimate of drug-likeness (QED) is 0.469. The number of allylic oxidation sites excluding steroid dienone is 1. The van der Waals surface area contributed by atoms with Crippen LogP contribution in [-0.2, 0) is 14.6 Å². The van der Waals surface area contributed by atoms with Crippen molar-refractivity contribution in [3.05, 3.63) is 12.2 Å². The Kier molecular flexibility index (Phi) is 3.44. The number of rotatable bonds is 3. The van der Waals surface area contributed by atoms with Crippen molar-refractivity contribution in [3.63, 3.8) is 0 Å². The SMILES string of the molecule is C/C=C/COS(=O)(=O)O. The molecule has 0 spiro atoms. The molecule has 0 radical (unpaired) electrons. The van der Waals surface area contributed by atoms with Gasteiger partial charge in [-0.1, -0.05) is 12.2 Å². The molecule has 0 amide bonds. The molecule has 0 aromatic rings. The minimum Gasteiger partial charge on any atom is -0.264 e. The molecule has 0 aliphatic carbocycles. The van der Waals surface area contributed by atoms with Crippen molar-refractivity contribution in [2.45, 2.75) is 6.92 Å². The molecule has 54 valence electrons. The minimum atomic E-state index is -4.25. The van der Waals surface area contributed by atoms with Gasteiger partial charge in [0.25, 0.3) is 0 Å². The normalized spacial score (nSPS) is 12.7. The van der Waals surface area contributed by atoms with E-state index < -0.39 is 10.4 Å². The highest BCUT2D eigenvalue weighted by Gasteiger charge is 1.99. The molecule has 0 saturated heterocycles. The molecule has 0 aromatic heterocycles. The van der Waals surface area contributed by atoms with Gasteiger partial charge in [0, 0.05) is 0 Å². The zero-order valence-corrected chi connectivity index (χ0v) is 5.76. The second-order valence-corrected chi connectivity index (χ2v) is 2.37. The molecule has 0 aliphatic rings. The van der Waals surface area contributed by atoms with Gasteiger partial charge in [0.15, 0.2) is 0 Å². The summed E-state index contributed by atoms with van der Waals surface area (Å²) in [7, 11) is -4.25. The standard InChI is InChI=1S/C4H8O4S/c1-2-3-4-8-9(5,6)7/h2-3H,4H2,1H3,(H,5,6,7)/b3-2+. The van der Waals surface area contributed by atoms with Crippen molar-refractivity contribution in [1.29, 1.82) is 0 Å². The zero-order chi connectivity index (χ0) is 7.33. The summed E-state index contributed by atoms with van der Waals surface area (Å²) in [5, 5.41) is 0. The first-order chi connectivity index (χ1) is 4.06. The van der Waals surface area contributed by atoms with Crippen LogP contribution in [0.4, 0.5) is 0 Å². The largest absolute Gasteiger partial charge is 0.397 e. The van der Waals surface area contributed by atoms with Crippen molar-refractivity contribution >= 4 is 10.4 Å². The highest BCUT2D eigenvalue weighted by atomic mass is 32.3. The Labute approximate surface area is 54.1 Å². The molecule has 9 heavy (non-hydrogen) atoms. The van der Waals surface area contributed by atoms with Crippen LogP contribution >= 0.6 is 0 Å². The van der Waals surface area contributed by atoms with Crippen molar-refractivity contribution in [3.8, 4) is 0 Å². The summed E-state index contributed by atoms with van der Waals surface area (Å²) in [5.74, 6) is 0. The summed E-state index contributed by atoms with van der Waals surface area (Å²) in [6, 6.07) is 0. The second kappa shape index (κ2) is 3.60. The lowest BCUT2D eigenvalue weighted by molar-refractivity contribution is 0.296. The molecule has 1 N–H and O–H groups in total. The lowest BCUT2D eigenvalue weighted by Gasteiger charge is -1.90. The maximum atomic E-state index is 9.81. The lowest BCUT2D eigenvalue weighted by Crippen LogP contribution is -2.02. The molecule has 5 heteroatoms. The van der Waals surface area contributed by atoms with Crippen molar-refractivity contribution in [2.75, 3.05) is 6.61 Å². The summed E-state index contributed by atoms with van der Waals surface area (Å²) >= 11 is 0. The molecule has 0 heterocycles. The first kappa shape index (κ1) is 8.61. The fraction of sp³-hybridized carbons (Fsp3) is 0.500. The molecule has 0 bridgehead atoms. The summed E-state index contributed by atoms with van der Waals surface area (Å²) < 4.78 is 31.5. The minimum absolute atomic E-state index is 0.116.